The first-order valence-corrected chi connectivity index (χ1v) is 14.7. The predicted molar refractivity (Wildman–Crippen MR) is 161 cm³/mol. The van der Waals surface area contributed by atoms with Gasteiger partial charge in [-0.1, -0.05) is 66.5 Å². The molecule has 0 aliphatic carbocycles. The van der Waals surface area contributed by atoms with Crippen LogP contribution < -0.4 is 10.6 Å². The van der Waals surface area contributed by atoms with Crippen LogP contribution in [0.25, 0.3) is 0 Å². The second kappa shape index (κ2) is 12.8. The molecule has 1 aliphatic rings. The number of likely N-dealkylation sites (tertiary alicyclic amines) is 1. The van der Waals surface area contributed by atoms with Crippen molar-refractivity contribution < 1.29 is 19.1 Å². The Labute approximate surface area is 239 Å². The zero-order valence-electron chi connectivity index (χ0n) is 27.4. The molecule has 1 amide bonds. The third-order valence-electron chi connectivity index (χ3n) is 6.76. The molecule has 7 heteroatoms. The van der Waals surface area contributed by atoms with E-state index in [0.29, 0.717) is 13.1 Å². The lowest BCUT2D eigenvalue weighted by molar-refractivity contribution is -0.141. The van der Waals surface area contributed by atoms with Gasteiger partial charge in [0.2, 0.25) is 0 Å². The molecule has 0 aromatic carbocycles. The van der Waals surface area contributed by atoms with E-state index in [1.54, 1.807) is 4.90 Å². The summed E-state index contributed by atoms with van der Waals surface area (Å²) in [5.41, 5.74) is -2.56. The van der Waals surface area contributed by atoms with Crippen LogP contribution in [0.3, 0.4) is 0 Å². The molecule has 2 N–H and O–H groups in total. The number of ketones is 2. The highest BCUT2D eigenvalue weighted by molar-refractivity contribution is 5.95. The Morgan fingerprint density at radius 2 is 1.33 bits per heavy atom. The number of unbranched alkanes of at least 4 members (excludes halogenated alkanes) is 3. The molecule has 39 heavy (non-hydrogen) atoms. The highest BCUT2D eigenvalue weighted by Crippen LogP contribution is 2.33. The van der Waals surface area contributed by atoms with Gasteiger partial charge in [0.25, 0.3) is 0 Å². The Kier molecular flexibility index (Phi) is 11.6. The summed E-state index contributed by atoms with van der Waals surface area (Å²) in [4.78, 5) is 40.4. The maximum atomic E-state index is 13.2. The maximum absolute atomic E-state index is 13.2. The Balaban J connectivity index is 2.46. The first-order chi connectivity index (χ1) is 17.4. The number of Topliss-reactive ketones (excluding diaryl/α,β-unsaturated/α-hetero) is 2. The molecule has 0 radical (unpaired) electrons. The monoisotopic (exact) mass is 549 g/mol. The lowest BCUT2D eigenvalue weighted by Crippen LogP contribution is -2.78. The maximum Gasteiger partial charge on any atom is 0.410 e. The average molecular weight is 550 g/mol. The molecular weight excluding hydrogens is 490 g/mol. The average Bonchev–Trinajstić information content (AvgIpc) is 2.70. The van der Waals surface area contributed by atoms with Crippen molar-refractivity contribution in [3.8, 4) is 0 Å². The van der Waals surface area contributed by atoms with Gasteiger partial charge in [-0.05, 0) is 67.7 Å². The summed E-state index contributed by atoms with van der Waals surface area (Å²) in [6.45, 7) is 27.0. The van der Waals surface area contributed by atoms with Crippen LogP contribution in [0.15, 0.2) is 12.2 Å². The molecule has 0 saturated carbocycles. The fourth-order valence-corrected chi connectivity index (χ4v) is 5.65. The first-order valence-electron chi connectivity index (χ1n) is 14.7. The fourth-order valence-electron chi connectivity index (χ4n) is 5.65. The number of hydrogen-bond acceptors (Lipinski definition) is 6. The van der Waals surface area contributed by atoms with Gasteiger partial charge in [0.05, 0.1) is 18.6 Å². The van der Waals surface area contributed by atoms with Gasteiger partial charge in [-0.2, -0.15) is 0 Å². The number of nitrogens with one attached hydrogen (secondary N) is 2. The molecule has 1 fully saturated rings. The Morgan fingerprint density at radius 1 is 0.769 bits per heavy atom. The van der Waals surface area contributed by atoms with Crippen LogP contribution in [0.1, 0.15) is 122 Å². The normalized spacial score (nSPS) is 18.0. The Morgan fingerprint density at radius 3 is 1.79 bits per heavy atom. The summed E-state index contributed by atoms with van der Waals surface area (Å²) in [5.74, 6) is 0.370. The van der Waals surface area contributed by atoms with Crippen LogP contribution in [0, 0.1) is 10.8 Å². The number of carbonyl (C=O) groups excluding carboxylic acids is 3. The van der Waals surface area contributed by atoms with Gasteiger partial charge in [0, 0.05) is 21.9 Å². The van der Waals surface area contributed by atoms with Crippen molar-refractivity contribution in [2.75, 3.05) is 19.7 Å². The largest absolute Gasteiger partial charge is 0.445 e. The standard InChI is InChI=1S/C32H59N3O4/c1-27(2,3)24(36)31(13,33-29(7,8)9)20-18-16-14-15-17-19-21-39-26(38)35-22-32(23-35,34-30(10,11)12)25(37)28(4,5)6/h17,19,33-34H,14-16,18,20-23H2,1-13H3/b19-17+/t31-/m0/s1. The number of hydrogen-bond donors (Lipinski definition) is 2. The van der Waals surface area contributed by atoms with E-state index in [4.69, 9.17) is 4.74 Å². The topological polar surface area (TPSA) is 87.7 Å². The number of rotatable bonds is 12. The van der Waals surface area contributed by atoms with E-state index in [1.807, 2.05) is 81.4 Å². The summed E-state index contributed by atoms with van der Waals surface area (Å²) < 4.78 is 5.43. The van der Waals surface area contributed by atoms with Gasteiger partial charge < -0.3 is 15.0 Å². The number of nitrogens with zero attached hydrogens (tertiary/aromatic N) is 1. The smallest absolute Gasteiger partial charge is 0.410 e. The van der Waals surface area contributed by atoms with Crippen LogP contribution in [-0.2, 0) is 14.3 Å². The van der Waals surface area contributed by atoms with E-state index in [0.717, 1.165) is 32.1 Å². The zero-order chi connectivity index (χ0) is 30.5. The van der Waals surface area contributed by atoms with Gasteiger partial charge in [-0.15, -0.1) is 0 Å². The highest BCUT2D eigenvalue weighted by atomic mass is 16.6. The molecule has 0 aromatic rings. The molecule has 1 aliphatic heterocycles. The molecule has 0 bridgehead atoms. The molecule has 0 aromatic heterocycles. The van der Waals surface area contributed by atoms with Gasteiger partial charge in [0.15, 0.2) is 11.6 Å². The summed E-state index contributed by atoms with van der Waals surface area (Å²) in [5, 5.41) is 7.04. The van der Waals surface area contributed by atoms with Crippen molar-refractivity contribution in [1.82, 2.24) is 15.5 Å². The minimum absolute atomic E-state index is 0.117. The highest BCUT2D eigenvalue weighted by Gasteiger charge is 2.55. The molecule has 1 saturated heterocycles. The van der Waals surface area contributed by atoms with E-state index in [-0.39, 0.29) is 35.3 Å². The van der Waals surface area contributed by atoms with Crippen LogP contribution in [0.4, 0.5) is 4.79 Å². The Bertz CT molecular complexity index is 875. The van der Waals surface area contributed by atoms with Crippen LogP contribution in [-0.4, -0.2) is 64.4 Å². The molecule has 0 spiro atoms. The molecule has 1 rings (SSSR count). The minimum atomic E-state index is -0.735. The van der Waals surface area contributed by atoms with Crippen LogP contribution in [0.5, 0.6) is 0 Å². The van der Waals surface area contributed by atoms with Gasteiger partial charge >= 0.3 is 6.09 Å². The molecule has 1 atom stereocenters. The van der Waals surface area contributed by atoms with Crippen molar-refractivity contribution in [2.45, 2.75) is 144 Å². The second-order valence-corrected chi connectivity index (χ2v) is 15.8. The molecular formula is C32H59N3O4. The third kappa shape index (κ3) is 11.3. The third-order valence-corrected chi connectivity index (χ3v) is 6.76. The number of amides is 1. The van der Waals surface area contributed by atoms with Crippen molar-refractivity contribution >= 4 is 17.7 Å². The summed E-state index contributed by atoms with van der Waals surface area (Å²) in [6.07, 6.45) is 8.26. The SMILES string of the molecule is CC(C)(C)NC1(C(=O)C(C)(C)C)CN(C(=O)OC/C=C/CCCCC[C@](C)(NC(C)(C)C)C(=O)C(C)(C)C)C1. The van der Waals surface area contributed by atoms with Crippen molar-refractivity contribution in [2.24, 2.45) is 10.8 Å². The lowest BCUT2D eigenvalue weighted by Gasteiger charge is -2.53. The molecule has 7 nitrogen and oxygen atoms in total. The van der Waals surface area contributed by atoms with Crippen LogP contribution in [0.2, 0.25) is 0 Å². The Hall–Kier alpha value is -1.73. The summed E-state index contributed by atoms with van der Waals surface area (Å²) in [7, 11) is 0. The van der Waals surface area contributed by atoms with Gasteiger partial charge in [-0.25, -0.2) is 4.79 Å². The predicted octanol–water partition coefficient (Wildman–Crippen LogP) is 6.45. The quantitative estimate of drug-likeness (QED) is 0.215. The van der Waals surface area contributed by atoms with E-state index in [9.17, 15) is 14.4 Å². The van der Waals surface area contributed by atoms with E-state index < -0.39 is 21.9 Å². The first kappa shape index (κ1) is 35.3. The van der Waals surface area contributed by atoms with Crippen molar-refractivity contribution in [3.63, 3.8) is 0 Å². The summed E-state index contributed by atoms with van der Waals surface area (Å²) in [6, 6.07) is 0. The van der Waals surface area contributed by atoms with Gasteiger partial charge in [-0.3, -0.25) is 14.9 Å². The zero-order valence-corrected chi connectivity index (χ0v) is 27.4. The van der Waals surface area contributed by atoms with E-state index >= 15 is 0 Å². The number of ether oxygens (including phenoxy) is 1. The van der Waals surface area contributed by atoms with E-state index in [1.165, 1.54) is 0 Å². The van der Waals surface area contributed by atoms with Crippen molar-refractivity contribution in [1.29, 1.82) is 0 Å². The van der Waals surface area contributed by atoms with E-state index in [2.05, 4.69) is 31.4 Å². The van der Waals surface area contributed by atoms with Crippen molar-refractivity contribution in [3.05, 3.63) is 12.2 Å². The number of allylic oxidation sites excluding steroid dienone is 1. The molecule has 0 unspecified atom stereocenters. The van der Waals surface area contributed by atoms with Crippen LogP contribution >= 0.6 is 0 Å². The summed E-state index contributed by atoms with van der Waals surface area (Å²) >= 11 is 0. The lowest BCUT2D eigenvalue weighted by atomic mass is 9.73. The molecule has 226 valence electrons. The minimum Gasteiger partial charge on any atom is -0.445 e. The van der Waals surface area contributed by atoms with Gasteiger partial charge in [0.1, 0.15) is 12.1 Å². The second-order valence-electron chi connectivity index (χ2n) is 15.8. The fraction of sp³-hybridized carbons (Fsp3) is 0.844. The molecule has 1 heterocycles. The number of carbonyl (C=O) groups is 3.